The Bertz CT molecular complexity index is 233. The van der Waals surface area contributed by atoms with Gasteiger partial charge < -0.3 is 0 Å². The lowest BCUT2D eigenvalue weighted by atomic mass is 10.1. The Balaban J connectivity index is 3.02. The second kappa shape index (κ2) is 3.77. The van der Waals surface area contributed by atoms with Gasteiger partial charge in [0.25, 0.3) is 0 Å². The molecule has 0 atom stereocenters. The van der Waals surface area contributed by atoms with E-state index in [4.69, 9.17) is 0 Å². The minimum atomic E-state index is 0.527. The van der Waals surface area contributed by atoms with E-state index in [0.29, 0.717) is 5.92 Å². The molecule has 0 aliphatic carbocycles. The van der Waals surface area contributed by atoms with E-state index in [-0.39, 0.29) is 0 Å². The summed E-state index contributed by atoms with van der Waals surface area (Å²) in [7, 11) is 0. The Kier molecular flexibility index (Phi) is 2.94. The second-order valence-electron chi connectivity index (χ2n) is 2.75. The standard InChI is InChI=1S/C9H13NS/c1-7(2)9-8(11-3)5-4-6-10-9/h4-7H,1-3H3. The molecule has 0 aliphatic rings. The van der Waals surface area contributed by atoms with Gasteiger partial charge in [0.2, 0.25) is 0 Å². The number of rotatable bonds is 2. The minimum Gasteiger partial charge on any atom is -0.260 e. The molecule has 0 radical (unpaired) electrons. The van der Waals surface area contributed by atoms with Crippen molar-refractivity contribution in [3.05, 3.63) is 24.0 Å². The van der Waals surface area contributed by atoms with Crippen LogP contribution in [0, 0.1) is 0 Å². The van der Waals surface area contributed by atoms with Crippen LogP contribution in [0.4, 0.5) is 0 Å². The van der Waals surface area contributed by atoms with E-state index in [1.54, 1.807) is 11.8 Å². The van der Waals surface area contributed by atoms with E-state index in [0.717, 1.165) is 0 Å². The summed E-state index contributed by atoms with van der Waals surface area (Å²) in [5.74, 6) is 0.527. The zero-order chi connectivity index (χ0) is 8.27. The van der Waals surface area contributed by atoms with Crippen molar-refractivity contribution in [2.45, 2.75) is 24.7 Å². The number of hydrogen-bond donors (Lipinski definition) is 0. The molecule has 0 amide bonds. The number of aromatic nitrogens is 1. The van der Waals surface area contributed by atoms with E-state index in [2.05, 4.69) is 31.2 Å². The van der Waals surface area contributed by atoms with Crippen LogP contribution in [0.2, 0.25) is 0 Å². The molecule has 0 spiro atoms. The average molecular weight is 167 g/mol. The van der Waals surface area contributed by atoms with Crippen molar-refractivity contribution < 1.29 is 0 Å². The van der Waals surface area contributed by atoms with E-state index < -0.39 is 0 Å². The topological polar surface area (TPSA) is 12.9 Å². The van der Waals surface area contributed by atoms with Gasteiger partial charge in [0, 0.05) is 11.1 Å². The molecule has 0 unspecified atom stereocenters. The molecular weight excluding hydrogens is 154 g/mol. The third kappa shape index (κ3) is 1.96. The predicted molar refractivity (Wildman–Crippen MR) is 50.1 cm³/mol. The van der Waals surface area contributed by atoms with E-state index in [1.165, 1.54) is 10.6 Å². The normalized spacial score (nSPS) is 10.5. The molecule has 0 aliphatic heterocycles. The maximum atomic E-state index is 4.33. The third-order valence-corrected chi connectivity index (χ3v) is 2.35. The first kappa shape index (κ1) is 8.60. The van der Waals surface area contributed by atoms with Gasteiger partial charge in [0.15, 0.2) is 0 Å². The van der Waals surface area contributed by atoms with Crippen LogP contribution in [0.3, 0.4) is 0 Å². The van der Waals surface area contributed by atoms with Gasteiger partial charge in [0.1, 0.15) is 0 Å². The first-order valence-electron chi connectivity index (χ1n) is 3.74. The molecule has 1 rings (SSSR count). The minimum absolute atomic E-state index is 0.527. The summed E-state index contributed by atoms with van der Waals surface area (Å²) in [6, 6.07) is 4.10. The summed E-state index contributed by atoms with van der Waals surface area (Å²) in [5, 5.41) is 0. The molecular formula is C9H13NS. The zero-order valence-corrected chi connectivity index (χ0v) is 7.98. The van der Waals surface area contributed by atoms with Crippen LogP contribution in [0.25, 0.3) is 0 Å². The van der Waals surface area contributed by atoms with Crippen molar-refractivity contribution in [1.82, 2.24) is 4.98 Å². The molecule has 0 saturated heterocycles. The lowest BCUT2D eigenvalue weighted by Gasteiger charge is -2.07. The highest BCUT2D eigenvalue weighted by Crippen LogP contribution is 2.23. The van der Waals surface area contributed by atoms with E-state index in [9.17, 15) is 0 Å². The number of nitrogens with zero attached hydrogens (tertiary/aromatic N) is 1. The van der Waals surface area contributed by atoms with Crippen LogP contribution < -0.4 is 0 Å². The molecule has 2 heteroatoms. The lowest BCUT2D eigenvalue weighted by Crippen LogP contribution is -1.93. The summed E-state index contributed by atoms with van der Waals surface area (Å²) in [4.78, 5) is 5.62. The predicted octanol–water partition coefficient (Wildman–Crippen LogP) is 2.93. The van der Waals surface area contributed by atoms with E-state index >= 15 is 0 Å². The Morgan fingerprint density at radius 1 is 1.45 bits per heavy atom. The Morgan fingerprint density at radius 3 is 2.64 bits per heavy atom. The van der Waals surface area contributed by atoms with Gasteiger partial charge in [0.05, 0.1) is 5.69 Å². The summed E-state index contributed by atoms with van der Waals surface area (Å²) in [6.45, 7) is 4.34. The molecule has 0 saturated carbocycles. The first-order valence-corrected chi connectivity index (χ1v) is 4.97. The highest BCUT2D eigenvalue weighted by Gasteiger charge is 2.04. The summed E-state index contributed by atoms with van der Waals surface area (Å²) >= 11 is 1.76. The fourth-order valence-corrected chi connectivity index (χ4v) is 1.72. The largest absolute Gasteiger partial charge is 0.260 e. The van der Waals surface area contributed by atoms with Crippen LogP contribution in [0.1, 0.15) is 25.5 Å². The van der Waals surface area contributed by atoms with Crippen molar-refractivity contribution in [1.29, 1.82) is 0 Å². The van der Waals surface area contributed by atoms with Crippen LogP contribution in [-0.2, 0) is 0 Å². The smallest absolute Gasteiger partial charge is 0.0564 e. The molecule has 0 fully saturated rings. The number of thioether (sulfide) groups is 1. The zero-order valence-electron chi connectivity index (χ0n) is 7.16. The molecule has 1 nitrogen and oxygen atoms in total. The molecule has 0 aromatic carbocycles. The molecule has 1 aromatic heterocycles. The molecule has 60 valence electrons. The molecule has 0 bridgehead atoms. The first-order chi connectivity index (χ1) is 5.25. The maximum Gasteiger partial charge on any atom is 0.0564 e. The Labute approximate surface area is 72.2 Å². The molecule has 1 aromatic rings. The van der Waals surface area contributed by atoms with Gasteiger partial charge in [-0.3, -0.25) is 4.98 Å². The number of hydrogen-bond acceptors (Lipinski definition) is 2. The van der Waals surface area contributed by atoms with Gasteiger partial charge in [-0.1, -0.05) is 13.8 Å². The van der Waals surface area contributed by atoms with E-state index in [1.807, 2.05) is 12.3 Å². The highest BCUT2D eigenvalue weighted by atomic mass is 32.2. The SMILES string of the molecule is CSc1cccnc1C(C)C. The van der Waals surface area contributed by atoms with Gasteiger partial charge in [-0.25, -0.2) is 0 Å². The summed E-state index contributed by atoms with van der Waals surface area (Å²) in [6.07, 6.45) is 3.94. The highest BCUT2D eigenvalue weighted by molar-refractivity contribution is 7.98. The van der Waals surface area contributed by atoms with Crippen LogP contribution in [-0.4, -0.2) is 11.2 Å². The average Bonchev–Trinajstić information content (AvgIpc) is 2.04. The lowest BCUT2D eigenvalue weighted by molar-refractivity contribution is 0.795. The van der Waals surface area contributed by atoms with Gasteiger partial charge in [-0.2, -0.15) is 0 Å². The second-order valence-corrected chi connectivity index (χ2v) is 3.59. The van der Waals surface area contributed by atoms with Crippen molar-refractivity contribution >= 4 is 11.8 Å². The van der Waals surface area contributed by atoms with Crippen LogP contribution in [0.15, 0.2) is 23.2 Å². The molecule has 0 N–H and O–H groups in total. The van der Waals surface area contributed by atoms with Crippen molar-refractivity contribution in [2.24, 2.45) is 0 Å². The van der Waals surface area contributed by atoms with Gasteiger partial charge in [-0.05, 0) is 24.3 Å². The monoisotopic (exact) mass is 167 g/mol. The van der Waals surface area contributed by atoms with Crippen LogP contribution in [0.5, 0.6) is 0 Å². The maximum absolute atomic E-state index is 4.33. The quantitative estimate of drug-likeness (QED) is 0.628. The molecule has 11 heavy (non-hydrogen) atoms. The number of pyridine rings is 1. The summed E-state index contributed by atoms with van der Waals surface area (Å²) < 4.78 is 0. The van der Waals surface area contributed by atoms with Crippen molar-refractivity contribution in [3.8, 4) is 0 Å². The summed E-state index contributed by atoms with van der Waals surface area (Å²) in [5.41, 5.74) is 1.21. The third-order valence-electron chi connectivity index (χ3n) is 1.57. The van der Waals surface area contributed by atoms with Crippen LogP contribution >= 0.6 is 11.8 Å². The Hall–Kier alpha value is -0.500. The fourth-order valence-electron chi connectivity index (χ4n) is 1.01. The fraction of sp³-hybridized carbons (Fsp3) is 0.444. The van der Waals surface area contributed by atoms with Gasteiger partial charge in [-0.15, -0.1) is 11.8 Å². The van der Waals surface area contributed by atoms with Crippen molar-refractivity contribution in [3.63, 3.8) is 0 Å². The van der Waals surface area contributed by atoms with Crippen molar-refractivity contribution in [2.75, 3.05) is 6.26 Å². The Morgan fingerprint density at radius 2 is 2.18 bits per heavy atom. The molecule has 1 heterocycles. The van der Waals surface area contributed by atoms with Gasteiger partial charge >= 0.3 is 0 Å².